The fourth-order valence-electron chi connectivity index (χ4n) is 5.08. The predicted octanol–water partition coefficient (Wildman–Crippen LogP) is 3.94. The summed E-state index contributed by atoms with van der Waals surface area (Å²) in [4.78, 5) is 24.6. The molecule has 5 nitrogen and oxygen atoms in total. The van der Waals surface area contributed by atoms with Crippen molar-refractivity contribution in [3.8, 4) is 0 Å². The van der Waals surface area contributed by atoms with Crippen molar-refractivity contribution < 1.29 is 24.2 Å². The van der Waals surface area contributed by atoms with Crippen LogP contribution in [0.25, 0.3) is 0 Å². The van der Waals surface area contributed by atoms with E-state index in [-0.39, 0.29) is 87.9 Å². The SMILES string of the molecule is CCC(C)(C)C(=O)O[C@@H]1C[C@H](C)C=C2C=C[C@@H](C)[C@@H](CC[C@@H]3C[C@H](O)CC(=O)O3)[C@@H]21.[KH]. The summed E-state index contributed by atoms with van der Waals surface area (Å²) in [6, 6.07) is 0. The molecule has 1 aliphatic heterocycles. The van der Waals surface area contributed by atoms with E-state index >= 15 is 0 Å². The molecule has 2 aliphatic carbocycles. The molecular weight excluding hydrogens is 419 g/mol. The van der Waals surface area contributed by atoms with Crippen LogP contribution in [0.15, 0.2) is 23.8 Å². The molecule has 7 atom stereocenters. The van der Waals surface area contributed by atoms with Gasteiger partial charge < -0.3 is 14.6 Å². The first-order valence-corrected chi connectivity index (χ1v) is 11.6. The number of rotatable bonds is 6. The van der Waals surface area contributed by atoms with Crippen LogP contribution in [0.2, 0.25) is 0 Å². The van der Waals surface area contributed by atoms with Gasteiger partial charge in [0.25, 0.3) is 0 Å². The Balaban J connectivity index is 0.00000341. The van der Waals surface area contributed by atoms with Crippen LogP contribution in [-0.2, 0) is 19.1 Å². The zero-order valence-electron chi connectivity index (χ0n) is 19.1. The third kappa shape index (κ3) is 6.76. The molecule has 1 N–H and O–H groups in total. The standard InChI is InChI=1S/C25H38O5.K.H/c1-6-25(4,5)24(28)30-21-12-15(2)11-17-8-7-16(3)20(23(17)21)10-9-19-13-18(26)14-22(27)29-19;;/h7-8,11,15-16,18-21,23,26H,6,9-10,12-14H2,1-5H3;;/t15-,16-,18+,19-,20-,21-,23-;;/m1../s1. The van der Waals surface area contributed by atoms with Gasteiger partial charge in [0.15, 0.2) is 0 Å². The number of aliphatic hydroxyl groups excluding tert-OH is 1. The molecule has 170 valence electrons. The first-order valence-electron chi connectivity index (χ1n) is 11.6. The van der Waals surface area contributed by atoms with Gasteiger partial charge in [-0.25, -0.2) is 0 Å². The Hall–Kier alpha value is 0.0164. The molecule has 6 heteroatoms. The Morgan fingerprint density at radius 2 is 1.97 bits per heavy atom. The number of aliphatic hydroxyl groups is 1. The molecule has 0 radical (unpaired) electrons. The minimum absolute atomic E-state index is 0. The third-order valence-corrected chi connectivity index (χ3v) is 7.35. The van der Waals surface area contributed by atoms with Gasteiger partial charge in [0.05, 0.1) is 17.9 Å². The molecule has 1 heterocycles. The van der Waals surface area contributed by atoms with Crippen LogP contribution in [0.1, 0.15) is 73.1 Å². The quantitative estimate of drug-likeness (QED) is 0.482. The Labute approximate surface area is 229 Å². The number of carbonyl (C=O) groups is 2. The molecule has 0 amide bonds. The molecule has 0 spiro atoms. The second-order valence-electron chi connectivity index (χ2n) is 10.3. The summed E-state index contributed by atoms with van der Waals surface area (Å²) in [5, 5.41) is 9.92. The minimum atomic E-state index is -0.601. The van der Waals surface area contributed by atoms with E-state index < -0.39 is 11.5 Å². The normalized spacial score (nSPS) is 35.4. The summed E-state index contributed by atoms with van der Waals surface area (Å²) in [6.45, 7) is 10.3. The topological polar surface area (TPSA) is 72.8 Å². The van der Waals surface area contributed by atoms with Crippen molar-refractivity contribution in [2.45, 2.75) is 91.5 Å². The van der Waals surface area contributed by atoms with E-state index in [1.54, 1.807) is 0 Å². The van der Waals surface area contributed by atoms with Crippen molar-refractivity contribution in [3.05, 3.63) is 23.8 Å². The van der Waals surface area contributed by atoms with Crippen LogP contribution in [0.3, 0.4) is 0 Å². The van der Waals surface area contributed by atoms with Crippen molar-refractivity contribution in [1.29, 1.82) is 0 Å². The molecule has 0 bridgehead atoms. The zero-order chi connectivity index (χ0) is 22.1. The predicted molar refractivity (Wildman–Crippen MR) is 123 cm³/mol. The number of hydrogen-bond donors (Lipinski definition) is 1. The Kier molecular flexibility index (Phi) is 10.1. The van der Waals surface area contributed by atoms with Crippen molar-refractivity contribution in [2.75, 3.05) is 0 Å². The van der Waals surface area contributed by atoms with E-state index in [9.17, 15) is 14.7 Å². The molecule has 0 aromatic rings. The van der Waals surface area contributed by atoms with Crippen molar-refractivity contribution in [1.82, 2.24) is 0 Å². The van der Waals surface area contributed by atoms with Gasteiger partial charge in [-0.05, 0) is 62.9 Å². The first-order chi connectivity index (χ1) is 14.1. The zero-order valence-corrected chi connectivity index (χ0v) is 19.1. The maximum absolute atomic E-state index is 12.9. The van der Waals surface area contributed by atoms with Crippen LogP contribution in [0.5, 0.6) is 0 Å². The summed E-state index contributed by atoms with van der Waals surface area (Å²) in [7, 11) is 0. The maximum atomic E-state index is 12.9. The number of ether oxygens (including phenoxy) is 2. The van der Waals surface area contributed by atoms with Gasteiger partial charge in [-0.2, -0.15) is 0 Å². The third-order valence-electron chi connectivity index (χ3n) is 7.35. The van der Waals surface area contributed by atoms with Crippen molar-refractivity contribution in [3.63, 3.8) is 0 Å². The van der Waals surface area contributed by atoms with Crippen LogP contribution in [0, 0.1) is 29.1 Å². The number of fused-ring (bicyclic) bond motifs is 1. The second-order valence-corrected chi connectivity index (χ2v) is 10.3. The number of allylic oxidation sites excluding steroid dienone is 3. The molecule has 0 aromatic heterocycles. The van der Waals surface area contributed by atoms with Crippen LogP contribution >= 0.6 is 0 Å². The van der Waals surface area contributed by atoms with Gasteiger partial charge in [-0.3, -0.25) is 9.59 Å². The monoisotopic (exact) mass is 458 g/mol. The van der Waals surface area contributed by atoms with Gasteiger partial charge >= 0.3 is 63.3 Å². The van der Waals surface area contributed by atoms with E-state index in [4.69, 9.17) is 9.47 Å². The molecule has 3 aliphatic rings. The second kappa shape index (κ2) is 11.4. The number of hydrogen-bond acceptors (Lipinski definition) is 5. The van der Waals surface area contributed by atoms with Gasteiger partial charge in [0, 0.05) is 12.3 Å². The van der Waals surface area contributed by atoms with E-state index in [1.165, 1.54) is 5.57 Å². The molecule has 31 heavy (non-hydrogen) atoms. The van der Waals surface area contributed by atoms with E-state index in [1.807, 2.05) is 20.8 Å². The number of carbonyl (C=O) groups excluding carboxylic acids is 2. The van der Waals surface area contributed by atoms with Gasteiger partial charge in [-0.15, -0.1) is 0 Å². The Morgan fingerprint density at radius 3 is 2.61 bits per heavy atom. The van der Waals surface area contributed by atoms with Crippen LogP contribution < -0.4 is 0 Å². The van der Waals surface area contributed by atoms with Crippen LogP contribution in [-0.4, -0.2) is 86.7 Å². The number of esters is 2. The summed E-state index contributed by atoms with van der Waals surface area (Å²) < 4.78 is 11.6. The number of cyclic esters (lactones) is 1. The van der Waals surface area contributed by atoms with E-state index in [0.29, 0.717) is 24.2 Å². The van der Waals surface area contributed by atoms with E-state index in [2.05, 4.69) is 32.1 Å². The average molecular weight is 459 g/mol. The van der Waals surface area contributed by atoms with E-state index in [0.717, 1.165) is 25.7 Å². The first kappa shape index (κ1) is 27.3. The molecule has 3 rings (SSSR count). The summed E-state index contributed by atoms with van der Waals surface area (Å²) in [5.41, 5.74) is 0.785. The summed E-state index contributed by atoms with van der Waals surface area (Å²) in [5.74, 6) is 0.776. The molecule has 0 unspecified atom stereocenters. The molecule has 1 saturated heterocycles. The van der Waals surface area contributed by atoms with Gasteiger partial charge in [0.2, 0.25) is 0 Å². The molecule has 0 aromatic carbocycles. The summed E-state index contributed by atoms with van der Waals surface area (Å²) >= 11 is 0. The fourth-order valence-corrected chi connectivity index (χ4v) is 5.08. The fraction of sp³-hybridized carbons (Fsp3) is 0.760. The van der Waals surface area contributed by atoms with Gasteiger partial charge in [0.1, 0.15) is 12.2 Å². The molecule has 0 saturated carbocycles. The summed E-state index contributed by atoms with van der Waals surface area (Å²) in [6.07, 6.45) is 9.61. The van der Waals surface area contributed by atoms with Crippen molar-refractivity contribution in [2.24, 2.45) is 29.1 Å². The van der Waals surface area contributed by atoms with Crippen LogP contribution in [0.4, 0.5) is 0 Å². The molecule has 1 fully saturated rings. The average Bonchev–Trinajstić information content (AvgIpc) is 2.66. The Morgan fingerprint density at radius 1 is 1.26 bits per heavy atom. The van der Waals surface area contributed by atoms with Gasteiger partial charge in [-0.1, -0.05) is 39.0 Å². The Bertz CT molecular complexity index is 713. The molecular formula is C25H39KO5. The van der Waals surface area contributed by atoms with Crippen molar-refractivity contribution >= 4 is 63.3 Å².